The van der Waals surface area contributed by atoms with Crippen molar-refractivity contribution in [1.82, 2.24) is 0 Å². The smallest absolute Gasteiger partial charge is 0.305 e. The first-order chi connectivity index (χ1) is 9.65. The summed E-state index contributed by atoms with van der Waals surface area (Å²) in [6.07, 6.45) is 1.11. The highest BCUT2D eigenvalue weighted by Crippen LogP contribution is 2.17. The van der Waals surface area contributed by atoms with Crippen LogP contribution in [0.15, 0.2) is 41.1 Å². The van der Waals surface area contributed by atoms with E-state index in [1.54, 1.807) is 11.3 Å². The quantitative estimate of drug-likeness (QED) is 0.847. The van der Waals surface area contributed by atoms with Crippen molar-refractivity contribution in [1.29, 1.82) is 0 Å². The number of anilines is 1. The van der Waals surface area contributed by atoms with Crippen LogP contribution >= 0.6 is 11.3 Å². The minimum Gasteiger partial charge on any atom is -0.481 e. The van der Waals surface area contributed by atoms with E-state index in [4.69, 9.17) is 5.11 Å². The first-order valence-electron chi connectivity index (χ1n) is 6.69. The summed E-state index contributed by atoms with van der Waals surface area (Å²) in [5, 5.41) is 13.1. The SMILES string of the molecule is Cc1ccc(N(CCC(=O)O)CCc2ccsc2)cc1. The summed E-state index contributed by atoms with van der Waals surface area (Å²) >= 11 is 1.69. The molecule has 0 fully saturated rings. The summed E-state index contributed by atoms with van der Waals surface area (Å²) in [6.45, 7) is 3.44. The number of hydrogen-bond donors (Lipinski definition) is 1. The van der Waals surface area contributed by atoms with Gasteiger partial charge in [-0.25, -0.2) is 0 Å². The van der Waals surface area contributed by atoms with Crippen molar-refractivity contribution >= 4 is 23.0 Å². The molecule has 1 heterocycles. The Morgan fingerprint density at radius 1 is 1.20 bits per heavy atom. The van der Waals surface area contributed by atoms with Crippen LogP contribution in [0.4, 0.5) is 5.69 Å². The number of thiophene rings is 1. The molecule has 0 atom stereocenters. The number of hydrogen-bond acceptors (Lipinski definition) is 3. The fraction of sp³-hybridized carbons (Fsp3) is 0.312. The van der Waals surface area contributed by atoms with Crippen molar-refractivity contribution in [3.05, 3.63) is 52.2 Å². The van der Waals surface area contributed by atoms with Crippen LogP contribution in [0.2, 0.25) is 0 Å². The molecule has 0 amide bonds. The van der Waals surface area contributed by atoms with Crippen LogP contribution in [0.25, 0.3) is 0 Å². The number of carboxylic acid groups (broad SMARTS) is 1. The van der Waals surface area contributed by atoms with E-state index < -0.39 is 5.97 Å². The van der Waals surface area contributed by atoms with Crippen LogP contribution in [-0.2, 0) is 11.2 Å². The first-order valence-corrected chi connectivity index (χ1v) is 7.64. The molecule has 4 heteroatoms. The van der Waals surface area contributed by atoms with Crippen molar-refractivity contribution in [2.45, 2.75) is 19.8 Å². The third kappa shape index (κ3) is 4.38. The van der Waals surface area contributed by atoms with E-state index in [-0.39, 0.29) is 6.42 Å². The Morgan fingerprint density at radius 3 is 2.55 bits per heavy atom. The van der Waals surface area contributed by atoms with Crippen molar-refractivity contribution in [2.24, 2.45) is 0 Å². The van der Waals surface area contributed by atoms with Crippen LogP contribution < -0.4 is 4.90 Å². The number of aryl methyl sites for hydroxylation is 1. The molecule has 2 aromatic rings. The topological polar surface area (TPSA) is 40.5 Å². The lowest BCUT2D eigenvalue weighted by molar-refractivity contribution is -0.136. The molecule has 0 aliphatic heterocycles. The Balaban J connectivity index is 2.03. The van der Waals surface area contributed by atoms with Gasteiger partial charge in [-0.15, -0.1) is 0 Å². The molecular weight excluding hydrogens is 270 g/mol. The third-order valence-electron chi connectivity index (χ3n) is 3.25. The number of carbonyl (C=O) groups is 1. The molecule has 0 spiro atoms. The average molecular weight is 289 g/mol. The largest absolute Gasteiger partial charge is 0.481 e. The van der Waals surface area contributed by atoms with Gasteiger partial charge >= 0.3 is 5.97 Å². The highest BCUT2D eigenvalue weighted by atomic mass is 32.1. The lowest BCUT2D eigenvalue weighted by Crippen LogP contribution is -2.28. The Bertz CT molecular complexity index is 534. The molecule has 0 aliphatic rings. The number of carboxylic acids is 1. The minimum absolute atomic E-state index is 0.164. The van der Waals surface area contributed by atoms with Crippen LogP contribution in [0, 0.1) is 6.92 Å². The molecule has 0 unspecified atom stereocenters. The molecule has 1 N–H and O–H groups in total. The van der Waals surface area contributed by atoms with Gasteiger partial charge in [0.1, 0.15) is 0 Å². The van der Waals surface area contributed by atoms with E-state index in [0.717, 1.165) is 18.7 Å². The zero-order valence-electron chi connectivity index (χ0n) is 11.6. The molecule has 0 aliphatic carbocycles. The Morgan fingerprint density at radius 2 is 1.95 bits per heavy atom. The molecule has 0 saturated heterocycles. The standard InChI is InChI=1S/C16H19NO2S/c1-13-2-4-15(5-3-13)17(10-7-16(18)19)9-6-14-8-11-20-12-14/h2-5,8,11-12H,6-7,9-10H2,1H3,(H,18,19). The summed E-state index contributed by atoms with van der Waals surface area (Å²) in [5.41, 5.74) is 3.61. The molecule has 20 heavy (non-hydrogen) atoms. The Kier molecular flexibility index (Phi) is 5.18. The third-order valence-corrected chi connectivity index (χ3v) is 3.98. The zero-order chi connectivity index (χ0) is 14.4. The zero-order valence-corrected chi connectivity index (χ0v) is 12.4. The molecule has 0 saturated carbocycles. The van der Waals surface area contributed by atoms with Crippen LogP contribution in [-0.4, -0.2) is 24.2 Å². The summed E-state index contributed by atoms with van der Waals surface area (Å²) in [5.74, 6) is -0.752. The number of rotatable bonds is 7. The summed E-state index contributed by atoms with van der Waals surface area (Å²) < 4.78 is 0. The van der Waals surface area contributed by atoms with E-state index in [1.807, 2.05) is 0 Å². The number of aliphatic carboxylic acids is 1. The van der Waals surface area contributed by atoms with Gasteiger partial charge in [0.15, 0.2) is 0 Å². The molecule has 1 aromatic carbocycles. The van der Waals surface area contributed by atoms with Gasteiger partial charge in [0.2, 0.25) is 0 Å². The fourth-order valence-electron chi connectivity index (χ4n) is 2.06. The van der Waals surface area contributed by atoms with E-state index in [1.165, 1.54) is 11.1 Å². The maximum Gasteiger partial charge on any atom is 0.305 e. The lowest BCUT2D eigenvalue weighted by Gasteiger charge is -2.24. The fourth-order valence-corrected chi connectivity index (χ4v) is 2.76. The number of benzene rings is 1. The highest BCUT2D eigenvalue weighted by Gasteiger charge is 2.09. The average Bonchev–Trinajstić information content (AvgIpc) is 2.93. The summed E-state index contributed by atoms with van der Waals surface area (Å²) in [7, 11) is 0. The highest BCUT2D eigenvalue weighted by molar-refractivity contribution is 7.07. The van der Waals surface area contributed by atoms with Crippen molar-refractivity contribution in [2.75, 3.05) is 18.0 Å². The molecule has 0 radical (unpaired) electrons. The summed E-state index contributed by atoms with van der Waals surface area (Å²) in [6, 6.07) is 10.4. The Hall–Kier alpha value is -1.81. The predicted molar refractivity (Wildman–Crippen MR) is 83.7 cm³/mol. The summed E-state index contributed by atoms with van der Waals surface area (Å²) in [4.78, 5) is 12.9. The van der Waals surface area contributed by atoms with E-state index in [0.29, 0.717) is 6.54 Å². The van der Waals surface area contributed by atoms with E-state index >= 15 is 0 Å². The molecule has 1 aromatic heterocycles. The van der Waals surface area contributed by atoms with Crippen molar-refractivity contribution in [3.63, 3.8) is 0 Å². The monoisotopic (exact) mass is 289 g/mol. The second kappa shape index (κ2) is 7.10. The predicted octanol–water partition coefficient (Wildman–Crippen LogP) is 3.58. The lowest BCUT2D eigenvalue weighted by atomic mass is 10.2. The van der Waals surface area contributed by atoms with Gasteiger partial charge in [0.05, 0.1) is 6.42 Å². The van der Waals surface area contributed by atoms with Gasteiger partial charge in [-0.1, -0.05) is 17.7 Å². The van der Waals surface area contributed by atoms with Crippen LogP contribution in [0.3, 0.4) is 0 Å². The van der Waals surface area contributed by atoms with Gasteiger partial charge in [-0.2, -0.15) is 11.3 Å². The molecular formula is C16H19NO2S. The van der Waals surface area contributed by atoms with Crippen LogP contribution in [0.5, 0.6) is 0 Å². The van der Waals surface area contributed by atoms with Crippen LogP contribution in [0.1, 0.15) is 17.5 Å². The molecule has 106 valence electrons. The molecule has 3 nitrogen and oxygen atoms in total. The molecule has 2 rings (SSSR count). The molecule has 0 bridgehead atoms. The minimum atomic E-state index is -0.752. The second-order valence-electron chi connectivity index (χ2n) is 4.85. The normalized spacial score (nSPS) is 10.4. The van der Waals surface area contributed by atoms with Gasteiger partial charge in [0, 0.05) is 18.8 Å². The first kappa shape index (κ1) is 14.6. The van der Waals surface area contributed by atoms with E-state index in [9.17, 15) is 4.79 Å². The van der Waals surface area contributed by atoms with Gasteiger partial charge in [-0.05, 0) is 47.9 Å². The van der Waals surface area contributed by atoms with Gasteiger partial charge in [0.25, 0.3) is 0 Å². The van der Waals surface area contributed by atoms with Gasteiger partial charge < -0.3 is 10.0 Å². The number of nitrogens with zero attached hydrogens (tertiary/aromatic N) is 1. The van der Waals surface area contributed by atoms with Gasteiger partial charge in [-0.3, -0.25) is 4.79 Å². The second-order valence-corrected chi connectivity index (χ2v) is 5.63. The maximum atomic E-state index is 10.8. The van der Waals surface area contributed by atoms with Crippen molar-refractivity contribution in [3.8, 4) is 0 Å². The van der Waals surface area contributed by atoms with Crippen molar-refractivity contribution < 1.29 is 9.90 Å². The maximum absolute atomic E-state index is 10.8. The van der Waals surface area contributed by atoms with E-state index in [2.05, 4.69) is 52.9 Å². The Labute approximate surface area is 123 Å².